The molecule has 0 aliphatic carbocycles. The summed E-state index contributed by atoms with van der Waals surface area (Å²) in [5.41, 5.74) is 1.06. The molecule has 2 atom stereocenters. The lowest BCUT2D eigenvalue weighted by Gasteiger charge is -2.54. The third-order valence-electron chi connectivity index (χ3n) is 5.71. The van der Waals surface area contributed by atoms with Gasteiger partial charge in [0, 0.05) is 23.7 Å². The Morgan fingerprint density at radius 1 is 1.11 bits per heavy atom. The van der Waals surface area contributed by atoms with E-state index in [1.54, 1.807) is 25.6 Å². The first-order valence-electron chi connectivity index (χ1n) is 9.30. The largest absolute Gasteiger partial charge is 0.497 e. The molecule has 4 rings (SSSR count). The van der Waals surface area contributed by atoms with Crippen LogP contribution in [0.25, 0.3) is 0 Å². The van der Waals surface area contributed by atoms with Crippen LogP contribution < -0.4 is 9.47 Å². The van der Waals surface area contributed by atoms with Crippen LogP contribution in [0.3, 0.4) is 0 Å². The van der Waals surface area contributed by atoms with Gasteiger partial charge in [0.25, 0.3) is 0 Å². The van der Waals surface area contributed by atoms with Crippen molar-refractivity contribution in [2.24, 2.45) is 0 Å². The Morgan fingerprint density at radius 3 is 2.33 bits per heavy atom. The number of rotatable bonds is 5. The van der Waals surface area contributed by atoms with Gasteiger partial charge in [0.05, 0.1) is 26.2 Å². The number of hydrogen-bond donors (Lipinski definition) is 1. The molecule has 2 unspecified atom stereocenters. The first-order chi connectivity index (χ1) is 13.1. The number of methoxy groups -OCH3 is 2. The van der Waals surface area contributed by atoms with Crippen LogP contribution in [0.4, 0.5) is 0 Å². The van der Waals surface area contributed by atoms with E-state index in [4.69, 9.17) is 14.9 Å². The molecule has 2 fully saturated rings. The fraction of sp³-hybridized carbons (Fsp3) is 0.500. The van der Waals surface area contributed by atoms with E-state index in [1.165, 1.54) is 0 Å². The summed E-state index contributed by atoms with van der Waals surface area (Å²) < 4.78 is 10.9. The monoisotopic (exact) mass is 386 g/mol. The number of thiazole rings is 1. The van der Waals surface area contributed by atoms with Gasteiger partial charge in [-0.05, 0) is 50.7 Å². The number of nitrogens with zero attached hydrogens (tertiary/aromatic N) is 3. The van der Waals surface area contributed by atoms with Crippen molar-refractivity contribution in [2.45, 2.75) is 30.8 Å². The van der Waals surface area contributed by atoms with Crippen LogP contribution in [0.5, 0.6) is 11.5 Å². The van der Waals surface area contributed by atoms with Crippen LogP contribution >= 0.6 is 11.3 Å². The van der Waals surface area contributed by atoms with Crippen molar-refractivity contribution < 1.29 is 9.47 Å². The van der Waals surface area contributed by atoms with E-state index in [2.05, 4.69) is 21.8 Å². The summed E-state index contributed by atoms with van der Waals surface area (Å²) >= 11 is 1.67. The molecular formula is C20H26N4O2S. The van der Waals surface area contributed by atoms with E-state index in [0.717, 1.165) is 48.0 Å². The van der Waals surface area contributed by atoms with E-state index in [0.29, 0.717) is 11.9 Å². The zero-order chi connectivity index (χ0) is 19.0. The second kappa shape index (κ2) is 7.48. The fourth-order valence-electron chi connectivity index (χ4n) is 4.23. The zero-order valence-electron chi connectivity index (χ0n) is 16.0. The molecule has 2 saturated heterocycles. The summed E-state index contributed by atoms with van der Waals surface area (Å²) in [7, 11) is 5.49. The van der Waals surface area contributed by atoms with Crippen molar-refractivity contribution in [3.63, 3.8) is 0 Å². The molecule has 27 heavy (non-hydrogen) atoms. The van der Waals surface area contributed by atoms with Crippen molar-refractivity contribution in [3.8, 4) is 11.5 Å². The number of benzene rings is 1. The van der Waals surface area contributed by atoms with Gasteiger partial charge in [-0.1, -0.05) is 0 Å². The van der Waals surface area contributed by atoms with Gasteiger partial charge in [-0.3, -0.25) is 5.41 Å². The van der Waals surface area contributed by atoms with Gasteiger partial charge in [-0.15, -0.1) is 11.3 Å². The number of hydrogen-bond acceptors (Lipinski definition) is 6. The van der Waals surface area contributed by atoms with Gasteiger partial charge in [-0.25, -0.2) is 4.98 Å². The summed E-state index contributed by atoms with van der Waals surface area (Å²) in [6.07, 6.45) is 4.04. The van der Waals surface area contributed by atoms with Gasteiger partial charge in [-0.2, -0.15) is 0 Å². The first kappa shape index (κ1) is 18.3. The average Bonchev–Trinajstić information content (AvgIpc) is 3.21. The van der Waals surface area contributed by atoms with E-state index in [-0.39, 0.29) is 12.0 Å². The van der Waals surface area contributed by atoms with Gasteiger partial charge >= 0.3 is 0 Å². The maximum Gasteiger partial charge on any atom is 0.122 e. The summed E-state index contributed by atoms with van der Waals surface area (Å²) in [5, 5.41) is 12.0. The van der Waals surface area contributed by atoms with Crippen molar-refractivity contribution in [3.05, 3.63) is 40.3 Å². The molecule has 1 aromatic carbocycles. The van der Waals surface area contributed by atoms with Crippen LogP contribution in [-0.4, -0.2) is 61.0 Å². The molecule has 3 heterocycles. The Kier molecular flexibility index (Phi) is 5.06. The van der Waals surface area contributed by atoms with Crippen LogP contribution in [0.1, 0.15) is 35.4 Å². The first-order valence-corrected chi connectivity index (χ1v) is 10.2. The molecule has 2 aliphatic heterocycles. The molecule has 144 valence electrons. The lowest BCUT2D eigenvalue weighted by molar-refractivity contribution is 0.0995. The van der Waals surface area contributed by atoms with E-state index >= 15 is 0 Å². The minimum Gasteiger partial charge on any atom is -0.497 e. The molecule has 0 saturated carbocycles. The van der Waals surface area contributed by atoms with Crippen molar-refractivity contribution in [2.75, 3.05) is 34.4 Å². The summed E-state index contributed by atoms with van der Waals surface area (Å²) in [5.74, 6) is 2.18. The summed E-state index contributed by atoms with van der Waals surface area (Å²) in [6.45, 7) is 2.16. The summed E-state index contributed by atoms with van der Waals surface area (Å²) in [6, 6.07) is 6.44. The Labute approximate surface area is 164 Å². The quantitative estimate of drug-likeness (QED) is 0.854. The predicted octanol–water partition coefficient (Wildman–Crippen LogP) is 3.37. The van der Waals surface area contributed by atoms with Crippen molar-refractivity contribution in [1.29, 1.82) is 5.41 Å². The number of aromatic nitrogens is 1. The minimum atomic E-state index is -0.0141. The highest BCUT2D eigenvalue weighted by atomic mass is 32.1. The smallest absolute Gasteiger partial charge is 0.122 e. The molecule has 2 aliphatic rings. The SMILES string of the molecule is COc1cc(OC)cc(C2C(=N)N(C3CCN(C)CC3)C2c2nccs2)c1. The average molecular weight is 387 g/mol. The standard InChI is InChI=1S/C20H26N4O2S/c1-23-7-4-14(5-8-23)24-18(20-22-6-9-27-20)17(19(24)21)13-10-15(25-2)12-16(11-13)26-3/h6,9-12,14,17-18,21H,4-5,7-8H2,1-3H3. The van der Waals surface area contributed by atoms with Gasteiger partial charge < -0.3 is 19.3 Å². The molecule has 2 aromatic rings. The molecule has 7 heteroatoms. The van der Waals surface area contributed by atoms with Crippen LogP contribution in [-0.2, 0) is 0 Å². The maximum absolute atomic E-state index is 8.86. The van der Waals surface area contributed by atoms with E-state index in [9.17, 15) is 0 Å². The Morgan fingerprint density at radius 2 is 1.78 bits per heavy atom. The molecule has 0 bridgehead atoms. The molecule has 0 radical (unpaired) electrons. The lowest BCUT2D eigenvalue weighted by Crippen LogP contribution is -2.59. The van der Waals surface area contributed by atoms with Gasteiger partial charge in [0.15, 0.2) is 0 Å². The second-order valence-corrected chi connectivity index (χ2v) is 8.19. The van der Waals surface area contributed by atoms with E-state index in [1.807, 2.05) is 29.8 Å². The molecule has 0 amide bonds. The summed E-state index contributed by atoms with van der Waals surface area (Å²) in [4.78, 5) is 9.26. The Balaban J connectivity index is 1.68. The van der Waals surface area contributed by atoms with Crippen molar-refractivity contribution >= 4 is 17.2 Å². The highest BCUT2D eigenvalue weighted by molar-refractivity contribution is 7.09. The van der Waals surface area contributed by atoms with Crippen LogP contribution in [0, 0.1) is 5.41 Å². The molecular weight excluding hydrogens is 360 g/mol. The maximum atomic E-state index is 8.86. The van der Waals surface area contributed by atoms with Gasteiger partial charge in [0.1, 0.15) is 22.3 Å². The number of likely N-dealkylation sites (tertiary alicyclic amines) is 2. The molecule has 0 spiro atoms. The second-order valence-electron chi connectivity index (χ2n) is 7.27. The van der Waals surface area contributed by atoms with Crippen LogP contribution in [0.2, 0.25) is 0 Å². The van der Waals surface area contributed by atoms with E-state index < -0.39 is 0 Å². The van der Waals surface area contributed by atoms with Crippen LogP contribution in [0.15, 0.2) is 29.8 Å². The number of ether oxygens (including phenoxy) is 2. The predicted molar refractivity (Wildman–Crippen MR) is 107 cm³/mol. The van der Waals surface area contributed by atoms with Crippen molar-refractivity contribution in [1.82, 2.24) is 14.8 Å². The molecule has 1 aromatic heterocycles. The number of piperidine rings is 1. The third kappa shape index (κ3) is 3.30. The Bertz CT molecular complexity index is 780. The zero-order valence-corrected chi connectivity index (χ0v) is 16.8. The van der Waals surface area contributed by atoms with Gasteiger partial charge in [0.2, 0.25) is 0 Å². The highest BCUT2D eigenvalue weighted by Gasteiger charge is 2.50. The fourth-order valence-corrected chi connectivity index (χ4v) is 5.00. The topological polar surface area (TPSA) is 61.7 Å². The Hall–Kier alpha value is -2.12. The molecule has 1 N–H and O–H groups in total. The number of amidine groups is 1. The normalized spacial score (nSPS) is 24.0. The minimum absolute atomic E-state index is 0.0141. The highest BCUT2D eigenvalue weighted by Crippen LogP contribution is 2.50. The lowest BCUT2D eigenvalue weighted by atomic mass is 9.78. The molecule has 6 nitrogen and oxygen atoms in total. The third-order valence-corrected chi connectivity index (χ3v) is 6.55. The number of nitrogens with one attached hydrogen (secondary N) is 1.